The highest BCUT2D eigenvalue weighted by Crippen LogP contribution is 2.38. The summed E-state index contributed by atoms with van der Waals surface area (Å²) in [6.45, 7) is 4.16. The number of aryl methyl sites for hydroxylation is 3. The van der Waals surface area contributed by atoms with Gasteiger partial charge in [-0.3, -0.25) is 0 Å². The van der Waals surface area contributed by atoms with Crippen molar-refractivity contribution in [2.45, 2.75) is 45.4 Å². The van der Waals surface area contributed by atoms with Crippen molar-refractivity contribution in [2.75, 3.05) is 0 Å². The molecule has 3 heterocycles. The Hall–Kier alpha value is -3.46. The Labute approximate surface area is 194 Å². The molecule has 3 aromatic heterocycles. The van der Waals surface area contributed by atoms with Crippen LogP contribution in [-0.4, -0.2) is 4.98 Å². The first-order valence-corrected chi connectivity index (χ1v) is 12.0. The molecule has 0 radical (unpaired) electrons. The molecule has 6 rings (SSSR count). The van der Waals surface area contributed by atoms with Gasteiger partial charge in [-0.05, 0) is 67.0 Å². The standard InChI is InChI=1S/C30H29N2O/c1-19-11-13-25-26-14-12-20(2)31-30(26)33-29(25)28(19)27-18-24(15-16-32(27)3)23-10-6-9-22(17-23)21-7-4-5-8-21/h6,9-18,21H,4-5,7-8H2,1-3H3/q+1. The van der Waals surface area contributed by atoms with E-state index >= 15 is 0 Å². The van der Waals surface area contributed by atoms with Gasteiger partial charge in [-0.15, -0.1) is 0 Å². The molecule has 0 spiro atoms. The molecule has 3 heteroatoms. The van der Waals surface area contributed by atoms with Crippen LogP contribution in [0, 0.1) is 13.8 Å². The fourth-order valence-corrected chi connectivity index (χ4v) is 5.46. The van der Waals surface area contributed by atoms with E-state index in [1.54, 1.807) is 0 Å². The summed E-state index contributed by atoms with van der Waals surface area (Å²) in [7, 11) is 2.11. The van der Waals surface area contributed by atoms with Crippen molar-refractivity contribution in [3.05, 3.63) is 83.7 Å². The van der Waals surface area contributed by atoms with E-state index in [1.807, 2.05) is 6.92 Å². The van der Waals surface area contributed by atoms with E-state index < -0.39 is 0 Å². The van der Waals surface area contributed by atoms with E-state index in [4.69, 9.17) is 4.42 Å². The summed E-state index contributed by atoms with van der Waals surface area (Å²) < 4.78 is 8.55. The zero-order valence-electron chi connectivity index (χ0n) is 19.6. The van der Waals surface area contributed by atoms with E-state index in [9.17, 15) is 0 Å². The van der Waals surface area contributed by atoms with Gasteiger partial charge in [0.15, 0.2) is 11.8 Å². The molecule has 0 atom stereocenters. The topological polar surface area (TPSA) is 29.9 Å². The second-order valence-electron chi connectivity index (χ2n) is 9.56. The molecule has 0 aliphatic heterocycles. The van der Waals surface area contributed by atoms with Crippen molar-refractivity contribution >= 4 is 22.1 Å². The number of benzene rings is 2. The lowest BCUT2D eigenvalue weighted by molar-refractivity contribution is -0.660. The fourth-order valence-electron chi connectivity index (χ4n) is 5.46. The van der Waals surface area contributed by atoms with Crippen LogP contribution >= 0.6 is 0 Å². The van der Waals surface area contributed by atoms with E-state index in [-0.39, 0.29) is 0 Å². The maximum Gasteiger partial charge on any atom is 0.227 e. The largest absolute Gasteiger partial charge is 0.437 e. The number of aromatic nitrogens is 2. The number of hydrogen-bond donors (Lipinski definition) is 0. The molecule has 0 bridgehead atoms. The smallest absolute Gasteiger partial charge is 0.227 e. The number of pyridine rings is 2. The van der Waals surface area contributed by atoms with Crippen LogP contribution < -0.4 is 4.57 Å². The molecule has 0 unspecified atom stereocenters. The minimum Gasteiger partial charge on any atom is -0.437 e. The minimum atomic E-state index is 0.708. The third-order valence-corrected chi connectivity index (χ3v) is 7.31. The number of fused-ring (bicyclic) bond motifs is 3. The molecule has 1 fully saturated rings. The maximum absolute atomic E-state index is 6.36. The highest BCUT2D eigenvalue weighted by molar-refractivity contribution is 6.08. The maximum atomic E-state index is 6.36. The highest BCUT2D eigenvalue weighted by Gasteiger charge is 2.22. The first-order valence-electron chi connectivity index (χ1n) is 12.0. The SMILES string of the molecule is Cc1ccc2c(n1)oc1c(-c3cc(-c4cccc(C5CCCC5)c4)cc[n+]3C)c(C)ccc12. The van der Waals surface area contributed by atoms with E-state index in [0.29, 0.717) is 11.6 Å². The monoisotopic (exact) mass is 433 g/mol. The van der Waals surface area contributed by atoms with Crippen LogP contribution in [-0.2, 0) is 7.05 Å². The molecule has 1 aliphatic carbocycles. The zero-order chi connectivity index (χ0) is 22.5. The van der Waals surface area contributed by atoms with E-state index in [2.05, 4.69) is 90.4 Å². The summed E-state index contributed by atoms with van der Waals surface area (Å²) >= 11 is 0. The van der Waals surface area contributed by atoms with Crippen molar-refractivity contribution in [3.8, 4) is 22.4 Å². The van der Waals surface area contributed by atoms with Gasteiger partial charge in [-0.25, -0.2) is 9.55 Å². The van der Waals surface area contributed by atoms with Crippen molar-refractivity contribution in [1.82, 2.24) is 4.98 Å². The van der Waals surface area contributed by atoms with E-state index in [1.165, 1.54) is 47.9 Å². The molecule has 0 saturated heterocycles. The summed E-state index contributed by atoms with van der Waals surface area (Å²) in [5.74, 6) is 0.715. The lowest BCUT2D eigenvalue weighted by Gasteiger charge is -2.12. The number of rotatable bonds is 3. The van der Waals surface area contributed by atoms with Crippen LogP contribution in [0.4, 0.5) is 0 Å². The molecule has 3 nitrogen and oxygen atoms in total. The van der Waals surface area contributed by atoms with Crippen LogP contribution in [0.1, 0.15) is 48.4 Å². The van der Waals surface area contributed by atoms with Crippen molar-refractivity contribution in [2.24, 2.45) is 7.05 Å². The summed E-state index contributed by atoms with van der Waals surface area (Å²) in [6, 6.07) is 22.2. The van der Waals surface area contributed by atoms with Gasteiger partial charge >= 0.3 is 0 Å². The Morgan fingerprint density at radius 2 is 1.67 bits per heavy atom. The van der Waals surface area contributed by atoms with Crippen LogP contribution in [0.2, 0.25) is 0 Å². The van der Waals surface area contributed by atoms with Crippen LogP contribution in [0.25, 0.3) is 44.5 Å². The molecule has 5 aromatic rings. The molecular formula is C30H29N2O+. The third kappa shape index (κ3) is 3.43. The summed E-state index contributed by atoms with van der Waals surface area (Å²) in [4.78, 5) is 4.64. The quantitative estimate of drug-likeness (QED) is 0.277. The number of hydrogen-bond acceptors (Lipinski definition) is 2. The van der Waals surface area contributed by atoms with E-state index in [0.717, 1.165) is 33.3 Å². The van der Waals surface area contributed by atoms with Crippen molar-refractivity contribution in [3.63, 3.8) is 0 Å². The molecule has 164 valence electrons. The number of furan rings is 1. The fraction of sp³-hybridized carbons (Fsp3) is 0.267. The summed E-state index contributed by atoms with van der Waals surface area (Å²) in [6.07, 6.45) is 7.51. The Balaban J connectivity index is 1.52. The Morgan fingerprint density at radius 3 is 2.52 bits per heavy atom. The molecule has 1 aliphatic rings. The minimum absolute atomic E-state index is 0.708. The highest BCUT2D eigenvalue weighted by atomic mass is 16.3. The molecule has 1 saturated carbocycles. The van der Waals surface area contributed by atoms with Gasteiger partial charge in [0.1, 0.15) is 7.05 Å². The average molecular weight is 434 g/mol. The molecule has 2 aromatic carbocycles. The van der Waals surface area contributed by atoms with Crippen LogP contribution in [0.3, 0.4) is 0 Å². The lowest BCUT2D eigenvalue weighted by Crippen LogP contribution is -2.30. The normalized spacial score (nSPS) is 14.5. The van der Waals surface area contributed by atoms with Gasteiger partial charge in [0.05, 0.1) is 5.56 Å². The van der Waals surface area contributed by atoms with Gasteiger partial charge in [0.25, 0.3) is 0 Å². The van der Waals surface area contributed by atoms with Gasteiger partial charge in [0.2, 0.25) is 11.4 Å². The van der Waals surface area contributed by atoms with Gasteiger partial charge in [0, 0.05) is 28.6 Å². The number of nitrogens with zero attached hydrogens (tertiary/aromatic N) is 2. The second kappa shape index (κ2) is 7.84. The summed E-state index contributed by atoms with van der Waals surface area (Å²) in [5.41, 5.74) is 10.1. The summed E-state index contributed by atoms with van der Waals surface area (Å²) in [5, 5.41) is 2.19. The third-order valence-electron chi connectivity index (χ3n) is 7.31. The van der Waals surface area contributed by atoms with Crippen molar-refractivity contribution < 1.29 is 8.98 Å². The molecular weight excluding hydrogens is 404 g/mol. The first kappa shape index (κ1) is 20.2. The Morgan fingerprint density at radius 1 is 0.879 bits per heavy atom. The van der Waals surface area contributed by atoms with Gasteiger partial charge in [-0.2, -0.15) is 0 Å². The second-order valence-corrected chi connectivity index (χ2v) is 9.56. The average Bonchev–Trinajstić information content (AvgIpc) is 3.48. The van der Waals surface area contributed by atoms with Crippen LogP contribution in [0.5, 0.6) is 0 Å². The molecule has 0 amide bonds. The van der Waals surface area contributed by atoms with Gasteiger partial charge in [-0.1, -0.05) is 49.2 Å². The first-order chi connectivity index (χ1) is 16.1. The predicted octanol–water partition coefficient (Wildman–Crippen LogP) is 7.41. The zero-order valence-corrected chi connectivity index (χ0v) is 19.6. The Kier molecular flexibility index (Phi) is 4.79. The van der Waals surface area contributed by atoms with Gasteiger partial charge < -0.3 is 4.42 Å². The lowest BCUT2D eigenvalue weighted by atomic mass is 9.93. The van der Waals surface area contributed by atoms with Crippen LogP contribution in [0.15, 0.2) is 71.3 Å². The predicted molar refractivity (Wildman–Crippen MR) is 134 cm³/mol. The van der Waals surface area contributed by atoms with Crippen molar-refractivity contribution in [1.29, 1.82) is 0 Å². The molecule has 0 N–H and O–H groups in total. The Bertz CT molecular complexity index is 1510. The molecule has 33 heavy (non-hydrogen) atoms.